The van der Waals surface area contributed by atoms with Crippen LogP contribution in [0.3, 0.4) is 0 Å². The molecule has 0 aromatic carbocycles. The van der Waals surface area contributed by atoms with E-state index in [1.54, 1.807) is 6.20 Å². The Balaban J connectivity index is 2.34. The molecule has 0 aliphatic heterocycles. The van der Waals surface area contributed by atoms with Crippen molar-refractivity contribution in [2.24, 2.45) is 5.73 Å². The van der Waals surface area contributed by atoms with E-state index >= 15 is 0 Å². The summed E-state index contributed by atoms with van der Waals surface area (Å²) in [6.07, 6.45) is 3.60. The van der Waals surface area contributed by atoms with E-state index in [0.717, 1.165) is 42.4 Å². The highest BCUT2D eigenvalue weighted by atomic mass is 32.2. The fourth-order valence-corrected chi connectivity index (χ4v) is 1.88. The van der Waals surface area contributed by atoms with Crippen molar-refractivity contribution in [1.29, 1.82) is 0 Å². The summed E-state index contributed by atoms with van der Waals surface area (Å²) in [5.41, 5.74) is 6.92. The highest BCUT2D eigenvalue weighted by Gasteiger charge is 2.02. The third kappa shape index (κ3) is 5.94. The lowest BCUT2D eigenvalue weighted by molar-refractivity contribution is 0.342. The first-order valence-electron chi connectivity index (χ1n) is 6.17. The maximum atomic E-state index is 5.88. The zero-order chi connectivity index (χ0) is 12.5. The monoisotopic (exact) mass is 254 g/mol. The van der Waals surface area contributed by atoms with E-state index in [4.69, 9.17) is 10.5 Å². The average Bonchev–Trinajstić information content (AvgIpc) is 2.36. The highest BCUT2D eigenvalue weighted by molar-refractivity contribution is 7.99. The van der Waals surface area contributed by atoms with Gasteiger partial charge in [0.25, 0.3) is 0 Å². The summed E-state index contributed by atoms with van der Waals surface area (Å²) in [4.78, 5) is 4.35. The van der Waals surface area contributed by atoms with E-state index < -0.39 is 0 Å². The molecule has 2 N–H and O–H groups in total. The second kappa shape index (κ2) is 8.37. The van der Waals surface area contributed by atoms with Crippen molar-refractivity contribution in [3.8, 4) is 5.75 Å². The first-order chi connectivity index (χ1) is 8.26. The lowest BCUT2D eigenvalue weighted by Crippen LogP contribution is -2.21. The van der Waals surface area contributed by atoms with Crippen molar-refractivity contribution in [2.75, 3.05) is 18.1 Å². The molecule has 0 saturated carbocycles. The van der Waals surface area contributed by atoms with Crippen molar-refractivity contribution >= 4 is 11.8 Å². The van der Waals surface area contributed by atoms with E-state index in [0.29, 0.717) is 0 Å². The number of nitrogens with zero attached hydrogens (tertiary/aromatic N) is 1. The molecular formula is C13H22N2OS. The molecule has 1 rings (SSSR count). The van der Waals surface area contributed by atoms with Gasteiger partial charge in [-0.05, 0) is 24.3 Å². The molecule has 0 amide bonds. The maximum absolute atomic E-state index is 5.88. The number of pyridine rings is 1. The molecule has 1 unspecified atom stereocenters. The Morgan fingerprint density at radius 3 is 2.82 bits per heavy atom. The van der Waals surface area contributed by atoms with E-state index in [1.165, 1.54) is 0 Å². The van der Waals surface area contributed by atoms with Gasteiger partial charge in [-0.3, -0.25) is 4.98 Å². The minimum Gasteiger partial charge on any atom is -0.491 e. The molecule has 3 nitrogen and oxygen atoms in total. The molecule has 0 aliphatic carbocycles. The third-order valence-electron chi connectivity index (χ3n) is 2.49. The standard InChI is InChI=1S/C13H22N2OS/c1-3-11(14)9-12-5-6-13(10-15-12)16-7-8-17-4-2/h5-6,10-11H,3-4,7-9,14H2,1-2H3. The van der Waals surface area contributed by atoms with Crippen LogP contribution in [0.2, 0.25) is 0 Å². The van der Waals surface area contributed by atoms with Crippen LogP contribution in [0.25, 0.3) is 0 Å². The zero-order valence-electron chi connectivity index (χ0n) is 10.7. The Hall–Kier alpha value is -0.740. The smallest absolute Gasteiger partial charge is 0.137 e. The average molecular weight is 254 g/mol. The Kier molecular flexibility index (Phi) is 7.05. The van der Waals surface area contributed by atoms with E-state index in [9.17, 15) is 0 Å². The molecule has 0 bridgehead atoms. The molecule has 1 atom stereocenters. The van der Waals surface area contributed by atoms with Crippen LogP contribution in [-0.2, 0) is 6.42 Å². The van der Waals surface area contributed by atoms with Crippen molar-refractivity contribution in [3.63, 3.8) is 0 Å². The van der Waals surface area contributed by atoms with E-state index in [2.05, 4.69) is 18.8 Å². The largest absolute Gasteiger partial charge is 0.491 e. The third-order valence-corrected chi connectivity index (χ3v) is 3.36. The van der Waals surface area contributed by atoms with Gasteiger partial charge in [0.2, 0.25) is 0 Å². The van der Waals surface area contributed by atoms with Crippen molar-refractivity contribution in [3.05, 3.63) is 24.0 Å². The molecule has 0 fully saturated rings. The quantitative estimate of drug-likeness (QED) is 0.724. The number of thioether (sulfide) groups is 1. The molecule has 0 saturated heterocycles. The SMILES string of the molecule is CCSCCOc1ccc(CC(N)CC)nc1. The summed E-state index contributed by atoms with van der Waals surface area (Å²) in [6.45, 7) is 4.99. The van der Waals surface area contributed by atoms with Crippen molar-refractivity contribution < 1.29 is 4.74 Å². The predicted molar refractivity (Wildman–Crippen MR) is 74.7 cm³/mol. The molecule has 1 heterocycles. The second-order valence-electron chi connectivity index (χ2n) is 3.90. The van der Waals surface area contributed by atoms with Crippen LogP contribution in [0.15, 0.2) is 18.3 Å². The van der Waals surface area contributed by atoms with Crippen LogP contribution < -0.4 is 10.5 Å². The van der Waals surface area contributed by atoms with Crippen LogP contribution in [0.5, 0.6) is 5.75 Å². The van der Waals surface area contributed by atoms with Gasteiger partial charge in [-0.1, -0.05) is 13.8 Å². The zero-order valence-corrected chi connectivity index (χ0v) is 11.5. The molecule has 0 radical (unpaired) electrons. The summed E-state index contributed by atoms with van der Waals surface area (Å²) in [7, 11) is 0. The van der Waals surface area contributed by atoms with Gasteiger partial charge >= 0.3 is 0 Å². The number of aromatic nitrogens is 1. The van der Waals surface area contributed by atoms with Gasteiger partial charge in [0.1, 0.15) is 5.75 Å². The summed E-state index contributed by atoms with van der Waals surface area (Å²) in [6, 6.07) is 4.18. The van der Waals surface area contributed by atoms with Crippen LogP contribution in [0.1, 0.15) is 26.0 Å². The van der Waals surface area contributed by atoms with Gasteiger partial charge in [0, 0.05) is 23.9 Å². The fourth-order valence-electron chi connectivity index (χ4n) is 1.39. The molecule has 96 valence electrons. The molecule has 0 aliphatic rings. The molecule has 17 heavy (non-hydrogen) atoms. The molecule has 4 heteroatoms. The Bertz CT molecular complexity index is 303. The Morgan fingerprint density at radius 1 is 1.41 bits per heavy atom. The van der Waals surface area contributed by atoms with Crippen LogP contribution in [0.4, 0.5) is 0 Å². The predicted octanol–water partition coefficient (Wildman–Crippen LogP) is 2.49. The van der Waals surface area contributed by atoms with Gasteiger partial charge in [-0.2, -0.15) is 11.8 Å². The lowest BCUT2D eigenvalue weighted by atomic mass is 10.1. The second-order valence-corrected chi connectivity index (χ2v) is 5.30. The van der Waals surface area contributed by atoms with Crippen LogP contribution in [0, 0.1) is 0 Å². The summed E-state index contributed by atoms with van der Waals surface area (Å²) in [5, 5.41) is 0. The van der Waals surface area contributed by atoms with Crippen LogP contribution >= 0.6 is 11.8 Å². The number of hydrogen-bond acceptors (Lipinski definition) is 4. The van der Waals surface area contributed by atoms with Gasteiger partial charge < -0.3 is 10.5 Å². The first-order valence-corrected chi connectivity index (χ1v) is 7.32. The fraction of sp³-hybridized carbons (Fsp3) is 0.615. The summed E-state index contributed by atoms with van der Waals surface area (Å²) >= 11 is 1.88. The summed E-state index contributed by atoms with van der Waals surface area (Å²) in [5.74, 6) is 3.00. The van der Waals surface area contributed by atoms with Crippen molar-refractivity contribution in [2.45, 2.75) is 32.7 Å². The molecular weight excluding hydrogens is 232 g/mol. The van der Waals surface area contributed by atoms with Gasteiger partial charge in [-0.25, -0.2) is 0 Å². The van der Waals surface area contributed by atoms with E-state index in [1.807, 2.05) is 23.9 Å². The van der Waals surface area contributed by atoms with Gasteiger partial charge in [-0.15, -0.1) is 0 Å². The highest BCUT2D eigenvalue weighted by Crippen LogP contribution is 2.11. The number of hydrogen-bond donors (Lipinski definition) is 1. The molecule has 1 aromatic heterocycles. The molecule has 1 aromatic rings. The Labute approximate surface area is 108 Å². The normalized spacial score (nSPS) is 12.4. The van der Waals surface area contributed by atoms with Crippen LogP contribution in [-0.4, -0.2) is 29.1 Å². The molecule has 0 spiro atoms. The number of ether oxygens (including phenoxy) is 1. The van der Waals surface area contributed by atoms with Gasteiger partial charge in [0.05, 0.1) is 12.8 Å². The Morgan fingerprint density at radius 2 is 2.24 bits per heavy atom. The van der Waals surface area contributed by atoms with Gasteiger partial charge in [0.15, 0.2) is 0 Å². The maximum Gasteiger partial charge on any atom is 0.137 e. The van der Waals surface area contributed by atoms with E-state index in [-0.39, 0.29) is 6.04 Å². The number of nitrogens with two attached hydrogens (primary N) is 1. The first kappa shape index (κ1) is 14.3. The number of rotatable bonds is 8. The minimum atomic E-state index is 0.204. The summed E-state index contributed by atoms with van der Waals surface area (Å²) < 4.78 is 5.58. The minimum absolute atomic E-state index is 0.204. The topological polar surface area (TPSA) is 48.1 Å². The lowest BCUT2D eigenvalue weighted by Gasteiger charge is -2.09. The van der Waals surface area contributed by atoms with Crippen molar-refractivity contribution in [1.82, 2.24) is 4.98 Å².